The summed E-state index contributed by atoms with van der Waals surface area (Å²) in [4.78, 5) is 24.9. The molecule has 1 aliphatic rings. The molecule has 1 aromatic carbocycles. The maximum absolute atomic E-state index is 12.1. The SMILES string of the molecule is C[C@@H]1CCCCN1C(=O)COc1ccc(C(N)=O)cc1. The maximum Gasteiger partial charge on any atom is 0.260 e. The minimum atomic E-state index is -0.477. The topological polar surface area (TPSA) is 72.6 Å². The number of likely N-dealkylation sites (tertiary alicyclic amines) is 1. The standard InChI is InChI=1S/C15H20N2O3/c1-11-4-2-3-9-17(11)14(18)10-20-13-7-5-12(6-8-13)15(16)19/h5-8,11H,2-4,9-10H2,1H3,(H2,16,19)/t11-/m1/s1. The molecule has 0 spiro atoms. The third-order valence-electron chi connectivity index (χ3n) is 3.62. The minimum Gasteiger partial charge on any atom is -0.484 e. The van der Waals surface area contributed by atoms with Crippen LogP contribution in [0.4, 0.5) is 0 Å². The second-order valence-electron chi connectivity index (χ2n) is 5.11. The van der Waals surface area contributed by atoms with Crippen molar-refractivity contribution in [3.63, 3.8) is 0 Å². The smallest absolute Gasteiger partial charge is 0.260 e. The van der Waals surface area contributed by atoms with E-state index in [4.69, 9.17) is 10.5 Å². The first kappa shape index (κ1) is 14.4. The van der Waals surface area contributed by atoms with Crippen molar-refractivity contribution in [2.75, 3.05) is 13.2 Å². The van der Waals surface area contributed by atoms with Gasteiger partial charge in [0.25, 0.3) is 5.91 Å². The van der Waals surface area contributed by atoms with Crippen LogP contribution in [-0.2, 0) is 4.79 Å². The van der Waals surface area contributed by atoms with Gasteiger partial charge in [-0.2, -0.15) is 0 Å². The lowest BCUT2D eigenvalue weighted by Crippen LogP contribution is -2.44. The van der Waals surface area contributed by atoms with Gasteiger partial charge in [0.05, 0.1) is 0 Å². The van der Waals surface area contributed by atoms with E-state index in [1.54, 1.807) is 24.3 Å². The maximum atomic E-state index is 12.1. The van der Waals surface area contributed by atoms with Crippen molar-refractivity contribution in [3.8, 4) is 5.75 Å². The summed E-state index contributed by atoms with van der Waals surface area (Å²) in [6, 6.07) is 6.76. The van der Waals surface area contributed by atoms with Crippen LogP contribution < -0.4 is 10.5 Å². The fourth-order valence-corrected chi connectivity index (χ4v) is 2.41. The summed E-state index contributed by atoms with van der Waals surface area (Å²) in [6.07, 6.45) is 3.29. The van der Waals surface area contributed by atoms with Crippen LogP contribution in [0.3, 0.4) is 0 Å². The minimum absolute atomic E-state index is 0.0103. The van der Waals surface area contributed by atoms with Crippen molar-refractivity contribution in [1.29, 1.82) is 0 Å². The fraction of sp³-hybridized carbons (Fsp3) is 0.467. The van der Waals surface area contributed by atoms with Gasteiger partial charge < -0.3 is 15.4 Å². The highest BCUT2D eigenvalue weighted by atomic mass is 16.5. The second kappa shape index (κ2) is 6.41. The average Bonchev–Trinajstić information content (AvgIpc) is 2.45. The Kier molecular flexibility index (Phi) is 4.61. The van der Waals surface area contributed by atoms with Crippen molar-refractivity contribution < 1.29 is 14.3 Å². The summed E-state index contributed by atoms with van der Waals surface area (Å²) in [5.74, 6) is 0.0963. The quantitative estimate of drug-likeness (QED) is 0.907. The Morgan fingerprint density at radius 1 is 1.30 bits per heavy atom. The summed E-state index contributed by atoms with van der Waals surface area (Å²) in [5, 5.41) is 0. The van der Waals surface area contributed by atoms with Crippen LogP contribution in [0, 0.1) is 0 Å². The second-order valence-corrected chi connectivity index (χ2v) is 5.11. The first-order chi connectivity index (χ1) is 9.58. The molecule has 1 atom stereocenters. The monoisotopic (exact) mass is 276 g/mol. The molecule has 2 amide bonds. The lowest BCUT2D eigenvalue weighted by atomic mass is 10.0. The molecule has 0 unspecified atom stereocenters. The number of primary amides is 1. The molecule has 1 aliphatic heterocycles. The molecule has 2 rings (SSSR count). The third-order valence-corrected chi connectivity index (χ3v) is 3.62. The number of nitrogens with zero attached hydrogens (tertiary/aromatic N) is 1. The molecule has 0 bridgehead atoms. The first-order valence-corrected chi connectivity index (χ1v) is 6.90. The van der Waals surface area contributed by atoms with Crippen LogP contribution in [-0.4, -0.2) is 35.9 Å². The van der Waals surface area contributed by atoms with Gasteiger partial charge in [0.2, 0.25) is 5.91 Å². The lowest BCUT2D eigenvalue weighted by molar-refractivity contribution is -0.136. The molecule has 0 aliphatic carbocycles. The van der Waals surface area contributed by atoms with Gasteiger partial charge in [-0.15, -0.1) is 0 Å². The number of carbonyl (C=O) groups is 2. The lowest BCUT2D eigenvalue weighted by Gasteiger charge is -2.33. The van der Waals surface area contributed by atoms with E-state index in [1.807, 2.05) is 4.90 Å². The summed E-state index contributed by atoms with van der Waals surface area (Å²) < 4.78 is 5.46. The summed E-state index contributed by atoms with van der Waals surface area (Å²) in [6.45, 7) is 2.91. The van der Waals surface area contributed by atoms with Gasteiger partial charge >= 0.3 is 0 Å². The Balaban J connectivity index is 1.88. The third kappa shape index (κ3) is 3.50. The summed E-state index contributed by atoms with van der Waals surface area (Å²) >= 11 is 0. The van der Waals surface area contributed by atoms with Gasteiger partial charge in [-0.25, -0.2) is 0 Å². The van der Waals surface area contributed by atoms with Gasteiger partial charge in [0.1, 0.15) is 5.75 Å². The number of carbonyl (C=O) groups excluding carboxylic acids is 2. The molecule has 1 fully saturated rings. The summed E-state index contributed by atoms with van der Waals surface area (Å²) in [7, 11) is 0. The van der Waals surface area contributed by atoms with E-state index in [0.717, 1.165) is 19.4 Å². The zero-order valence-electron chi connectivity index (χ0n) is 11.7. The predicted molar refractivity (Wildman–Crippen MR) is 75.5 cm³/mol. The zero-order chi connectivity index (χ0) is 14.5. The van der Waals surface area contributed by atoms with E-state index in [2.05, 4.69) is 6.92 Å². The number of benzene rings is 1. The fourth-order valence-electron chi connectivity index (χ4n) is 2.41. The van der Waals surface area contributed by atoms with Crippen LogP contribution in [0.15, 0.2) is 24.3 Å². The van der Waals surface area contributed by atoms with Crippen molar-refractivity contribution in [2.24, 2.45) is 5.73 Å². The molecule has 0 aromatic heterocycles. The number of ether oxygens (including phenoxy) is 1. The Bertz CT molecular complexity index is 484. The van der Waals surface area contributed by atoms with E-state index >= 15 is 0 Å². The predicted octanol–water partition coefficient (Wildman–Crippen LogP) is 1.57. The van der Waals surface area contributed by atoms with E-state index < -0.39 is 5.91 Å². The highest BCUT2D eigenvalue weighted by Gasteiger charge is 2.23. The highest BCUT2D eigenvalue weighted by molar-refractivity contribution is 5.92. The van der Waals surface area contributed by atoms with Crippen LogP contribution in [0.5, 0.6) is 5.75 Å². The molecular weight excluding hydrogens is 256 g/mol. The van der Waals surface area contributed by atoms with Crippen LogP contribution in [0.2, 0.25) is 0 Å². The molecule has 0 radical (unpaired) electrons. The zero-order valence-corrected chi connectivity index (χ0v) is 11.7. The molecule has 1 saturated heterocycles. The molecule has 20 heavy (non-hydrogen) atoms. The molecular formula is C15H20N2O3. The number of rotatable bonds is 4. The van der Waals surface area contributed by atoms with Gasteiger partial charge in [0.15, 0.2) is 6.61 Å². The normalized spacial score (nSPS) is 18.6. The molecule has 5 nitrogen and oxygen atoms in total. The van der Waals surface area contributed by atoms with Gasteiger partial charge in [-0.05, 0) is 50.5 Å². The number of amides is 2. The van der Waals surface area contributed by atoms with Crippen molar-refractivity contribution in [3.05, 3.63) is 29.8 Å². The number of hydrogen-bond acceptors (Lipinski definition) is 3. The van der Waals surface area contributed by atoms with Crippen molar-refractivity contribution in [2.45, 2.75) is 32.2 Å². The molecule has 1 heterocycles. The Morgan fingerprint density at radius 2 is 2.00 bits per heavy atom. The van der Waals surface area contributed by atoms with Crippen LogP contribution in [0.25, 0.3) is 0 Å². The highest BCUT2D eigenvalue weighted by Crippen LogP contribution is 2.17. The Labute approximate surface area is 118 Å². The molecule has 108 valence electrons. The van der Waals surface area contributed by atoms with E-state index in [-0.39, 0.29) is 18.6 Å². The van der Waals surface area contributed by atoms with Gasteiger partial charge in [0, 0.05) is 18.2 Å². The molecule has 5 heteroatoms. The first-order valence-electron chi connectivity index (χ1n) is 6.90. The molecule has 1 aromatic rings. The average molecular weight is 276 g/mol. The van der Waals surface area contributed by atoms with E-state index in [0.29, 0.717) is 11.3 Å². The Hall–Kier alpha value is -2.04. The molecule has 0 saturated carbocycles. The van der Waals surface area contributed by atoms with Crippen LogP contribution in [0.1, 0.15) is 36.5 Å². The van der Waals surface area contributed by atoms with Gasteiger partial charge in [-0.1, -0.05) is 0 Å². The van der Waals surface area contributed by atoms with Gasteiger partial charge in [-0.3, -0.25) is 9.59 Å². The number of nitrogens with two attached hydrogens (primary N) is 1. The van der Waals surface area contributed by atoms with E-state index in [1.165, 1.54) is 6.42 Å². The Morgan fingerprint density at radius 3 is 2.60 bits per heavy atom. The van der Waals surface area contributed by atoms with E-state index in [9.17, 15) is 9.59 Å². The summed E-state index contributed by atoms with van der Waals surface area (Å²) in [5.41, 5.74) is 5.58. The number of piperidine rings is 1. The molecule has 2 N–H and O–H groups in total. The largest absolute Gasteiger partial charge is 0.484 e. The van der Waals surface area contributed by atoms with Crippen molar-refractivity contribution in [1.82, 2.24) is 4.90 Å². The van der Waals surface area contributed by atoms with Crippen molar-refractivity contribution >= 4 is 11.8 Å². The number of hydrogen-bond donors (Lipinski definition) is 1. The van der Waals surface area contributed by atoms with Crippen LogP contribution >= 0.6 is 0 Å².